The molecule has 0 saturated carbocycles. The van der Waals surface area contributed by atoms with Gasteiger partial charge in [-0.05, 0) is 24.7 Å². The van der Waals surface area contributed by atoms with Crippen LogP contribution in [-0.4, -0.2) is 32.0 Å². The Hall–Kier alpha value is -0.620. The van der Waals surface area contributed by atoms with E-state index in [1.165, 1.54) is 5.41 Å². The van der Waals surface area contributed by atoms with Gasteiger partial charge in [-0.2, -0.15) is 0 Å². The predicted octanol–water partition coefficient (Wildman–Crippen LogP) is 0.598. The lowest BCUT2D eigenvalue weighted by molar-refractivity contribution is 0.297. The lowest BCUT2D eigenvalue weighted by Gasteiger charge is -2.12. The standard InChI is InChI=1S/C8H13NO3S2/c1-2-4-12-8(13)9-7-3-5-14(10,11)6-7/h3,5,7H,2,4,6H2,1H3,(H,9,13)/t7-/m0/s1. The summed E-state index contributed by atoms with van der Waals surface area (Å²) in [5, 5.41) is 4.28. The van der Waals surface area contributed by atoms with Gasteiger partial charge in [0.25, 0.3) is 5.17 Å². The highest BCUT2D eigenvalue weighted by Gasteiger charge is 2.22. The molecule has 4 nitrogen and oxygen atoms in total. The first-order valence-corrected chi connectivity index (χ1v) is 6.50. The van der Waals surface area contributed by atoms with Crippen molar-refractivity contribution < 1.29 is 13.2 Å². The van der Waals surface area contributed by atoms with Gasteiger partial charge in [0.1, 0.15) is 0 Å². The van der Waals surface area contributed by atoms with Gasteiger partial charge in [-0.3, -0.25) is 0 Å². The first kappa shape index (κ1) is 11.5. The van der Waals surface area contributed by atoms with E-state index in [0.717, 1.165) is 6.42 Å². The number of hydrogen-bond acceptors (Lipinski definition) is 4. The summed E-state index contributed by atoms with van der Waals surface area (Å²) in [7, 11) is -3.02. The number of ether oxygens (including phenoxy) is 1. The molecule has 14 heavy (non-hydrogen) atoms. The van der Waals surface area contributed by atoms with Crippen LogP contribution in [0.3, 0.4) is 0 Å². The second kappa shape index (κ2) is 4.75. The molecule has 0 fully saturated rings. The number of hydrogen-bond donors (Lipinski definition) is 1. The fourth-order valence-electron chi connectivity index (χ4n) is 1.05. The molecular weight excluding hydrogens is 222 g/mol. The van der Waals surface area contributed by atoms with Crippen LogP contribution in [0.4, 0.5) is 0 Å². The van der Waals surface area contributed by atoms with Gasteiger partial charge in [0.2, 0.25) is 0 Å². The molecule has 0 aromatic heterocycles. The van der Waals surface area contributed by atoms with E-state index >= 15 is 0 Å². The first-order valence-electron chi connectivity index (χ1n) is 4.38. The van der Waals surface area contributed by atoms with E-state index in [4.69, 9.17) is 17.0 Å². The van der Waals surface area contributed by atoms with Crippen LogP contribution in [0.2, 0.25) is 0 Å². The maximum Gasteiger partial charge on any atom is 0.257 e. The van der Waals surface area contributed by atoms with E-state index in [9.17, 15) is 8.42 Å². The molecule has 80 valence electrons. The molecule has 0 bridgehead atoms. The van der Waals surface area contributed by atoms with Crippen molar-refractivity contribution in [2.24, 2.45) is 0 Å². The quantitative estimate of drug-likeness (QED) is 0.726. The summed E-state index contributed by atoms with van der Waals surface area (Å²) in [6, 6.07) is -0.246. The summed E-state index contributed by atoms with van der Waals surface area (Å²) < 4.78 is 27.2. The Bertz CT molecular complexity index is 334. The van der Waals surface area contributed by atoms with Crippen molar-refractivity contribution in [3.63, 3.8) is 0 Å². The molecule has 0 aliphatic carbocycles. The van der Waals surface area contributed by atoms with E-state index in [1.54, 1.807) is 6.08 Å². The monoisotopic (exact) mass is 235 g/mol. The normalized spacial score (nSPS) is 23.4. The zero-order chi connectivity index (χ0) is 10.6. The average Bonchev–Trinajstić information content (AvgIpc) is 2.42. The van der Waals surface area contributed by atoms with Gasteiger partial charge in [0.05, 0.1) is 18.4 Å². The third-order valence-electron chi connectivity index (χ3n) is 1.67. The molecule has 1 heterocycles. The van der Waals surface area contributed by atoms with E-state index < -0.39 is 9.84 Å². The molecule has 0 amide bonds. The zero-order valence-corrected chi connectivity index (χ0v) is 9.53. The van der Waals surface area contributed by atoms with Gasteiger partial charge in [-0.15, -0.1) is 0 Å². The second-order valence-corrected chi connectivity index (χ2v) is 5.35. The highest BCUT2D eigenvalue weighted by atomic mass is 32.2. The minimum absolute atomic E-state index is 0.0582. The molecule has 1 rings (SSSR count). The van der Waals surface area contributed by atoms with E-state index in [0.29, 0.717) is 6.61 Å². The van der Waals surface area contributed by atoms with Crippen LogP contribution in [-0.2, 0) is 14.6 Å². The Morgan fingerprint density at radius 2 is 2.43 bits per heavy atom. The Morgan fingerprint density at radius 3 is 2.93 bits per heavy atom. The molecule has 1 aliphatic heterocycles. The summed E-state index contributed by atoms with van der Waals surface area (Å²) in [6.45, 7) is 2.53. The largest absolute Gasteiger partial charge is 0.471 e. The SMILES string of the molecule is CCCOC(=S)N[C@H]1C=CS(=O)(=O)C1. The lowest BCUT2D eigenvalue weighted by Crippen LogP contribution is -2.35. The Labute approximate surface area is 89.2 Å². The van der Waals surface area contributed by atoms with Crippen LogP contribution >= 0.6 is 12.2 Å². The fourth-order valence-corrected chi connectivity index (χ4v) is 2.52. The molecule has 1 N–H and O–H groups in total. The second-order valence-electron chi connectivity index (χ2n) is 3.04. The summed E-state index contributed by atoms with van der Waals surface area (Å²) in [4.78, 5) is 0. The van der Waals surface area contributed by atoms with Crippen LogP contribution in [0.5, 0.6) is 0 Å². The Morgan fingerprint density at radius 1 is 1.71 bits per heavy atom. The van der Waals surface area contributed by atoms with Crippen molar-refractivity contribution in [1.29, 1.82) is 0 Å². The summed E-state index contributed by atoms with van der Waals surface area (Å²) in [5.74, 6) is 0.0582. The third kappa shape index (κ3) is 3.63. The van der Waals surface area contributed by atoms with Crippen molar-refractivity contribution in [2.75, 3.05) is 12.4 Å². The molecule has 0 unspecified atom stereocenters. The average molecular weight is 235 g/mol. The lowest BCUT2D eigenvalue weighted by atomic mass is 10.3. The minimum atomic E-state index is -3.02. The number of sulfone groups is 1. The molecule has 1 aliphatic rings. The van der Waals surface area contributed by atoms with Gasteiger partial charge in [0, 0.05) is 5.41 Å². The number of thiocarbonyl (C=S) groups is 1. The predicted molar refractivity (Wildman–Crippen MR) is 58.7 cm³/mol. The van der Waals surface area contributed by atoms with E-state index in [1.807, 2.05) is 6.92 Å². The topological polar surface area (TPSA) is 55.4 Å². The molecular formula is C8H13NO3S2. The smallest absolute Gasteiger partial charge is 0.257 e. The number of nitrogens with one attached hydrogen (secondary N) is 1. The van der Waals surface area contributed by atoms with Crippen LogP contribution in [0, 0.1) is 0 Å². The Kier molecular flexibility index (Phi) is 3.88. The van der Waals surface area contributed by atoms with Crippen LogP contribution in [0.1, 0.15) is 13.3 Å². The van der Waals surface area contributed by atoms with Gasteiger partial charge in [-0.25, -0.2) is 8.42 Å². The van der Waals surface area contributed by atoms with Crippen LogP contribution in [0.25, 0.3) is 0 Å². The van der Waals surface area contributed by atoms with Crippen LogP contribution in [0.15, 0.2) is 11.5 Å². The highest BCUT2D eigenvalue weighted by Crippen LogP contribution is 2.07. The molecule has 0 aromatic carbocycles. The van der Waals surface area contributed by atoms with Crippen LogP contribution < -0.4 is 5.32 Å². The maximum atomic E-state index is 11.0. The molecule has 0 saturated heterocycles. The van der Waals surface area contributed by atoms with Crippen molar-refractivity contribution in [3.05, 3.63) is 11.5 Å². The van der Waals surface area contributed by atoms with Crippen molar-refractivity contribution in [3.8, 4) is 0 Å². The summed E-state index contributed by atoms with van der Waals surface area (Å²) in [6.07, 6.45) is 2.46. The molecule has 1 atom stereocenters. The zero-order valence-electron chi connectivity index (χ0n) is 7.89. The highest BCUT2D eigenvalue weighted by molar-refractivity contribution is 7.94. The van der Waals surface area contributed by atoms with Gasteiger partial charge < -0.3 is 10.1 Å². The minimum Gasteiger partial charge on any atom is -0.471 e. The maximum absolute atomic E-state index is 11.0. The number of rotatable bonds is 3. The summed E-state index contributed by atoms with van der Waals surface area (Å²) in [5.41, 5.74) is 0. The molecule has 0 spiro atoms. The van der Waals surface area contributed by atoms with Crippen molar-refractivity contribution in [2.45, 2.75) is 19.4 Å². The first-order chi connectivity index (χ1) is 6.53. The van der Waals surface area contributed by atoms with Crippen molar-refractivity contribution in [1.82, 2.24) is 5.32 Å². The van der Waals surface area contributed by atoms with E-state index in [2.05, 4.69) is 5.32 Å². The van der Waals surface area contributed by atoms with Gasteiger partial charge >= 0.3 is 0 Å². The van der Waals surface area contributed by atoms with Gasteiger partial charge in [-0.1, -0.05) is 6.92 Å². The van der Waals surface area contributed by atoms with E-state index in [-0.39, 0.29) is 17.0 Å². The molecule has 0 radical (unpaired) electrons. The van der Waals surface area contributed by atoms with Gasteiger partial charge in [0.15, 0.2) is 9.84 Å². The van der Waals surface area contributed by atoms with Crippen molar-refractivity contribution >= 4 is 27.2 Å². The summed E-state index contributed by atoms with van der Waals surface area (Å²) >= 11 is 4.87. The fraction of sp³-hybridized carbons (Fsp3) is 0.625. The third-order valence-corrected chi connectivity index (χ3v) is 3.30. The molecule has 6 heteroatoms. The Balaban J connectivity index is 2.34. The molecule has 0 aromatic rings.